The molecule has 0 bridgehead atoms. The quantitative estimate of drug-likeness (QED) is 0.701. The lowest BCUT2D eigenvalue weighted by molar-refractivity contribution is -0.113. The fourth-order valence-electron chi connectivity index (χ4n) is 2.11. The maximum Gasteiger partial charge on any atom is 0.236 e. The molecule has 0 saturated heterocycles. The van der Waals surface area contributed by atoms with Gasteiger partial charge in [-0.25, -0.2) is 4.98 Å². The van der Waals surface area contributed by atoms with Crippen LogP contribution in [-0.2, 0) is 4.79 Å². The molecule has 0 spiro atoms. The van der Waals surface area contributed by atoms with Crippen LogP contribution < -0.4 is 5.32 Å². The number of aromatic nitrogens is 3. The summed E-state index contributed by atoms with van der Waals surface area (Å²) in [6.07, 6.45) is 0. The molecule has 5 nitrogen and oxygen atoms in total. The Morgan fingerprint density at radius 3 is 2.67 bits per heavy atom. The zero-order chi connectivity index (χ0) is 16.9. The van der Waals surface area contributed by atoms with Gasteiger partial charge in [-0.2, -0.15) is 0 Å². The second-order valence-corrected chi connectivity index (χ2v) is 7.06. The molecule has 1 aromatic carbocycles. The molecular weight excluding hydrogens is 340 g/mol. The van der Waals surface area contributed by atoms with E-state index in [0.29, 0.717) is 5.13 Å². The highest BCUT2D eigenvalue weighted by molar-refractivity contribution is 7.99. The Morgan fingerprint density at radius 2 is 2.00 bits per heavy atom. The molecule has 1 amide bonds. The van der Waals surface area contributed by atoms with E-state index in [1.807, 2.05) is 55.6 Å². The van der Waals surface area contributed by atoms with Gasteiger partial charge in [0, 0.05) is 10.9 Å². The molecule has 7 heteroatoms. The first-order valence-corrected chi connectivity index (χ1v) is 9.23. The molecule has 1 N–H and O–H groups in total. The van der Waals surface area contributed by atoms with Gasteiger partial charge in [-0.3, -0.25) is 4.79 Å². The van der Waals surface area contributed by atoms with Crippen LogP contribution >= 0.6 is 23.1 Å². The molecule has 2 aromatic heterocycles. The van der Waals surface area contributed by atoms with Crippen molar-refractivity contribution < 1.29 is 4.79 Å². The van der Waals surface area contributed by atoms with Crippen molar-refractivity contribution in [3.05, 3.63) is 53.0 Å². The molecule has 0 aliphatic heterocycles. The second kappa shape index (κ2) is 7.55. The molecule has 0 saturated carbocycles. The van der Waals surface area contributed by atoms with Crippen LogP contribution in [0.25, 0.3) is 11.3 Å². The van der Waals surface area contributed by atoms with Crippen molar-refractivity contribution in [2.24, 2.45) is 0 Å². The molecule has 0 atom stereocenters. The number of aryl methyl sites for hydroxylation is 2. The van der Waals surface area contributed by atoms with Crippen LogP contribution in [-0.4, -0.2) is 26.8 Å². The summed E-state index contributed by atoms with van der Waals surface area (Å²) in [4.78, 5) is 16.1. The Kier molecular flexibility index (Phi) is 5.22. The van der Waals surface area contributed by atoms with Gasteiger partial charge in [0.2, 0.25) is 5.91 Å². The SMILES string of the molecule is Cc1csc(NC(=O)CSc2ccc(-c3ccccc3C)nn2)n1. The fraction of sp³-hybridized carbons (Fsp3) is 0.176. The zero-order valence-electron chi connectivity index (χ0n) is 13.3. The first-order valence-electron chi connectivity index (χ1n) is 7.36. The van der Waals surface area contributed by atoms with Crippen LogP contribution in [0.5, 0.6) is 0 Å². The van der Waals surface area contributed by atoms with Crippen molar-refractivity contribution in [3.8, 4) is 11.3 Å². The predicted octanol–water partition coefficient (Wildman–Crippen LogP) is 3.95. The van der Waals surface area contributed by atoms with Gasteiger partial charge in [-0.05, 0) is 31.5 Å². The number of thiazole rings is 1. The molecule has 0 unspecified atom stereocenters. The van der Waals surface area contributed by atoms with Crippen LogP contribution in [0.1, 0.15) is 11.3 Å². The van der Waals surface area contributed by atoms with Gasteiger partial charge in [0.25, 0.3) is 0 Å². The first kappa shape index (κ1) is 16.6. The summed E-state index contributed by atoms with van der Waals surface area (Å²) in [7, 11) is 0. The number of nitrogens with one attached hydrogen (secondary N) is 1. The van der Waals surface area contributed by atoms with Crippen LogP contribution in [0.3, 0.4) is 0 Å². The Labute approximate surface area is 148 Å². The average Bonchev–Trinajstić information content (AvgIpc) is 2.99. The van der Waals surface area contributed by atoms with E-state index in [4.69, 9.17) is 0 Å². The number of rotatable bonds is 5. The standard InChI is InChI=1S/C17H16N4OS2/c1-11-5-3-4-6-13(11)14-7-8-16(21-20-14)23-10-15(22)19-17-18-12(2)9-24-17/h3-9H,10H2,1-2H3,(H,18,19,22). The van der Waals surface area contributed by atoms with Gasteiger partial charge < -0.3 is 5.32 Å². The predicted molar refractivity (Wildman–Crippen MR) is 98.4 cm³/mol. The lowest BCUT2D eigenvalue weighted by Gasteiger charge is -2.05. The molecule has 122 valence electrons. The third-order valence-corrected chi connectivity index (χ3v) is 5.07. The fourth-order valence-corrected chi connectivity index (χ4v) is 3.43. The maximum atomic E-state index is 11.9. The molecular formula is C17H16N4OS2. The summed E-state index contributed by atoms with van der Waals surface area (Å²) in [6.45, 7) is 3.94. The Hall–Kier alpha value is -2.25. The van der Waals surface area contributed by atoms with Gasteiger partial charge in [-0.1, -0.05) is 36.0 Å². The van der Waals surface area contributed by atoms with Crippen molar-refractivity contribution >= 4 is 34.1 Å². The number of carbonyl (C=O) groups excluding carboxylic acids is 1. The highest BCUT2D eigenvalue weighted by Crippen LogP contribution is 2.23. The minimum atomic E-state index is -0.0980. The van der Waals surface area contributed by atoms with Gasteiger partial charge in [-0.15, -0.1) is 21.5 Å². The number of nitrogens with zero attached hydrogens (tertiary/aromatic N) is 3. The summed E-state index contributed by atoms with van der Waals surface area (Å²) >= 11 is 2.77. The zero-order valence-corrected chi connectivity index (χ0v) is 14.9. The number of hydrogen-bond acceptors (Lipinski definition) is 6. The van der Waals surface area contributed by atoms with Crippen LogP contribution in [0.2, 0.25) is 0 Å². The normalized spacial score (nSPS) is 10.6. The van der Waals surface area contributed by atoms with Crippen LogP contribution in [0.4, 0.5) is 5.13 Å². The summed E-state index contributed by atoms with van der Waals surface area (Å²) in [6, 6.07) is 11.9. The minimum absolute atomic E-state index is 0.0980. The van der Waals surface area contributed by atoms with E-state index in [1.165, 1.54) is 23.1 Å². The van der Waals surface area contributed by atoms with Crippen molar-refractivity contribution in [3.63, 3.8) is 0 Å². The minimum Gasteiger partial charge on any atom is -0.301 e. The summed E-state index contributed by atoms with van der Waals surface area (Å²) in [5, 5.41) is 14.5. The molecule has 0 aliphatic rings. The first-order chi connectivity index (χ1) is 11.6. The van der Waals surface area contributed by atoms with Gasteiger partial charge >= 0.3 is 0 Å². The highest BCUT2D eigenvalue weighted by atomic mass is 32.2. The van der Waals surface area contributed by atoms with E-state index in [-0.39, 0.29) is 11.7 Å². The van der Waals surface area contributed by atoms with E-state index in [9.17, 15) is 4.79 Å². The molecule has 2 heterocycles. The van der Waals surface area contributed by atoms with E-state index < -0.39 is 0 Å². The van der Waals surface area contributed by atoms with E-state index >= 15 is 0 Å². The van der Waals surface area contributed by atoms with Crippen molar-refractivity contribution in [2.75, 3.05) is 11.1 Å². The smallest absolute Gasteiger partial charge is 0.236 e. The third-order valence-electron chi connectivity index (χ3n) is 3.28. The van der Waals surface area contributed by atoms with E-state index in [1.54, 1.807) is 0 Å². The average molecular weight is 356 g/mol. The monoisotopic (exact) mass is 356 g/mol. The highest BCUT2D eigenvalue weighted by Gasteiger charge is 2.08. The lowest BCUT2D eigenvalue weighted by Crippen LogP contribution is -2.14. The molecule has 24 heavy (non-hydrogen) atoms. The number of anilines is 1. The Balaban J connectivity index is 1.58. The van der Waals surface area contributed by atoms with Crippen molar-refractivity contribution in [1.29, 1.82) is 0 Å². The number of carbonyl (C=O) groups is 1. The van der Waals surface area contributed by atoms with Gasteiger partial charge in [0.15, 0.2) is 5.13 Å². The van der Waals surface area contributed by atoms with Crippen molar-refractivity contribution in [1.82, 2.24) is 15.2 Å². The summed E-state index contributed by atoms with van der Waals surface area (Å²) < 4.78 is 0. The van der Waals surface area contributed by atoms with E-state index in [0.717, 1.165) is 27.5 Å². The van der Waals surface area contributed by atoms with Gasteiger partial charge in [0.05, 0.1) is 17.1 Å². The van der Waals surface area contributed by atoms with Crippen molar-refractivity contribution in [2.45, 2.75) is 18.9 Å². The Morgan fingerprint density at radius 1 is 1.17 bits per heavy atom. The number of benzene rings is 1. The molecule has 0 aliphatic carbocycles. The van der Waals surface area contributed by atoms with Gasteiger partial charge in [0.1, 0.15) is 5.03 Å². The molecule has 0 radical (unpaired) electrons. The summed E-state index contributed by atoms with van der Waals surface area (Å²) in [5.41, 5.74) is 3.96. The van der Waals surface area contributed by atoms with E-state index in [2.05, 4.69) is 20.5 Å². The number of thioether (sulfide) groups is 1. The van der Waals surface area contributed by atoms with Crippen LogP contribution in [0, 0.1) is 13.8 Å². The summed E-state index contributed by atoms with van der Waals surface area (Å²) in [5.74, 6) is 0.177. The maximum absolute atomic E-state index is 11.9. The van der Waals surface area contributed by atoms with Crippen LogP contribution in [0.15, 0.2) is 46.8 Å². The second-order valence-electron chi connectivity index (χ2n) is 5.20. The Bertz CT molecular complexity index is 846. The third kappa shape index (κ3) is 4.18. The largest absolute Gasteiger partial charge is 0.301 e. The lowest BCUT2D eigenvalue weighted by atomic mass is 10.1. The molecule has 3 rings (SSSR count). The number of hydrogen-bond donors (Lipinski definition) is 1. The topological polar surface area (TPSA) is 67.8 Å². The molecule has 3 aromatic rings. The molecule has 0 fully saturated rings. The number of amides is 1.